The van der Waals surface area contributed by atoms with E-state index in [4.69, 9.17) is 5.73 Å². The Balaban J connectivity index is 2.29. The first-order valence-corrected chi connectivity index (χ1v) is 5.51. The average Bonchev–Trinajstić information content (AvgIpc) is 2.97. The largest absolute Gasteiger partial charge is 0.396 e. The van der Waals surface area contributed by atoms with E-state index in [1.54, 1.807) is 0 Å². The van der Waals surface area contributed by atoms with E-state index in [-0.39, 0.29) is 12.0 Å². The number of hydrogen-bond donors (Lipinski definition) is 2. The molecule has 2 rings (SSSR count). The molecule has 0 radical (unpaired) electrons. The summed E-state index contributed by atoms with van der Waals surface area (Å²) in [6.45, 7) is 5.03. The summed E-state index contributed by atoms with van der Waals surface area (Å²) in [6, 6.07) is 6.51. The van der Waals surface area contributed by atoms with Crippen molar-refractivity contribution in [3.8, 4) is 0 Å². The fourth-order valence-corrected chi connectivity index (χ4v) is 2.39. The minimum absolute atomic E-state index is 0.0292. The van der Waals surface area contributed by atoms with Gasteiger partial charge in [-0.05, 0) is 37.3 Å². The van der Waals surface area contributed by atoms with Crippen LogP contribution < -0.4 is 5.73 Å². The monoisotopic (exact) mass is 205 g/mol. The highest BCUT2D eigenvalue weighted by Gasteiger charge is 2.53. The van der Waals surface area contributed by atoms with Crippen LogP contribution in [0.5, 0.6) is 0 Å². The van der Waals surface area contributed by atoms with Gasteiger partial charge in [-0.15, -0.1) is 0 Å². The Morgan fingerprint density at radius 1 is 1.47 bits per heavy atom. The molecule has 0 saturated heterocycles. The third-order valence-electron chi connectivity index (χ3n) is 3.72. The summed E-state index contributed by atoms with van der Waals surface area (Å²) in [4.78, 5) is 0. The highest BCUT2D eigenvalue weighted by atomic mass is 16.3. The minimum Gasteiger partial charge on any atom is -0.396 e. The number of aryl methyl sites for hydroxylation is 2. The van der Waals surface area contributed by atoms with Gasteiger partial charge in [0.1, 0.15) is 0 Å². The molecule has 1 aliphatic carbocycles. The Labute approximate surface area is 91.1 Å². The molecular weight excluding hydrogens is 186 g/mol. The fraction of sp³-hybridized carbons (Fsp3) is 0.538. The second-order valence-electron chi connectivity index (χ2n) is 4.84. The predicted octanol–water partition coefficient (Wildman–Crippen LogP) is 1.73. The molecule has 1 fully saturated rings. The van der Waals surface area contributed by atoms with Crippen LogP contribution in [0.1, 0.15) is 29.0 Å². The van der Waals surface area contributed by atoms with Gasteiger partial charge in [0.05, 0.1) is 6.61 Å². The van der Waals surface area contributed by atoms with Crippen molar-refractivity contribution in [1.82, 2.24) is 0 Å². The van der Waals surface area contributed by atoms with E-state index in [9.17, 15) is 5.11 Å². The Morgan fingerprint density at radius 2 is 2.20 bits per heavy atom. The van der Waals surface area contributed by atoms with Gasteiger partial charge in [-0.25, -0.2) is 0 Å². The van der Waals surface area contributed by atoms with E-state index in [0.717, 1.165) is 6.42 Å². The van der Waals surface area contributed by atoms with Crippen LogP contribution in [0.25, 0.3) is 0 Å². The molecule has 0 amide bonds. The van der Waals surface area contributed by atoms with Crippen molar-refractivity contribution in [1.29, 1.82) is 0 Å². The first-order chi connectivity index (χ1) is 7.13. The number of benzene rings is 1. The first kappa shape index (κ1) is 10.7. The van der Waals surface area contributed by atoms with Gasteiger partial charge in [0.25, 0.3) is 0 Å². The zero-order valence-electron chi connectivity index (χ0n) is 9.46. The molecule has 1 saturated carbocycles. The van der Waals surface area contributed by atoms with Crippen molar-refractivity contribution >= 4 is 0 Å². The molecule has 2 heteroatoms. The first-order valence-electron chi connectivity index (χ1n) is 5.51. The summed E-state index contributed by atoms with van der Waals surface area (Å²) in [5, 5.41) is 9.37. The van der Waals surface area contributed by atoms with E-state index in [2.05, 4.69) is 32.0 Å². The number of aliphatic hydroxyl groups excluding tert-OH is 1. The number of rotatable bonds is 3. The smallest absolute Gasteiger partial charge is 0.0505 e. The third-order valence-corrected chi connectivity index (χ3v) is 3.72. The number of nitrogens with two attached hydrogens (primary N) is 1. The molecule has 1 aromatic carbocycles. The van der Waals surface area contributed by atoms with E-state index < -0.39 is 0 Å². The van der Waals surface area contributed by atoms with Gasteiger partial charge in [0.15, 0.2) is 0 Å². The maximum Gasteiger partial charge on any atom is 0.0505 e. The van der Waals surface area contributed by atoms with Crippen LogP contribution in [-0.4, -0.2) is 18.3 Å². The maximum absolute atomic E-state index is 9.37. The van der Waals surface area contributed by atoms with Crippen LogP contribution in [0.15, 0.2) is 18.2 Å². The van der Waals surface area contributed by atoms with Gasteiger partial charge < -0.3 is 10.8 Å². The van der Waals surface area contributed by atoms with Crippen molar-refractivity contribution in [3.05, 3.63) is 34.9 Å². The van der Waals surface area contributed by atoms with Crippen LogP contribution in [0, 0.1) is 19.3 Å². The molecule has 2 nitrogen and oxygen atoms in total. The second kappa shape index (κ2) is 3.62. The second-order valence-corrected chi connectivity index (χ2v) is 4.84. The highest BCUT2D eigenvalue weighted by molar-refractivity contribution is 5.39. The third kappa shape index (κ3) is 1.68. The van der Waals surface area contributed by atoms with Gasteiger partial charge in [-0.1, -0.05) is 23.8 Å². The molecule has 0 bridgehead atoms. The molecule has 15 heavy (non-hydrogen) atoms. The molecule has 1 aliphatic rings. The average molecular weight is 205 g/mol. The van der Waals surface area contributed by atoms with Crippen LogP contribution in [0.2, 0.25) is 0 Å². The normalized spacial score (nSPS) is 29.2. The van der Waals surface area contributed by atoms with Crippen LogP contribution >= 0.6 is 0 Å². The molecule has 2 unspecified atom stereocenters. The van der Waals surface area contributed by atoms with Gasteiger partial charge >= 0.3 is 0 Å². The molecule has 1 aromatic rings. The highest BCUT2D eigenvalue weighted by Crippen LogP contribution is 2.58. The van der Waals surface area contributed by atoms with Gasteiger partial charge in [0, 0.05) is 12.0 Å². The van der Waals surface area contributed by atoms with Crippen molar-refractivity contribution in [3.63, 3.8) is 0 Å². The zero-order chi connectivity index (χ0) is 11.1. The Hall–Kier alpha value is -0.860. The lowest BCUT2D eigenvalue weighted by molar-refractivity contribution is 0.211. The van der Waals surface area contributed by atoms with E-state index in [0.29, 0.717) is 12.5 Å². The van der Waals surface area contributed by atoms with Crippen LogP contribution in [0.3, 0.4) is 0 Å². The van der Waals surface area contributed by atoms with Crippen LogP contribution in [-0.2, 0) is 0 Å². The summed E-state index contributed by atoms with van der Waals surface area (Å²) < 4.78 is 0. The molecule has 0 aliphatic heterocycles. The van der Waals surface area contributed by atoms with Gasteiger partial charge in [-0.2, -0.15) is 0 Å². The van der Waals surface area contributed by atoms with Gasteiger partial charge in [-0.3, -0.25) is 0 Å². The summed E-state index contributed by atoms with van der Waals surface area (Å²) in [5.74, 6) is 0.465. The molecule has 0 heterocycles. The van der Waals surface area contributed by atoms with Crippen molar-refractivity contribution < 1.29 is 5.11 Å². The Kier molecular flexibility index (Phi) is 2.57. The predicted molar refractivity (Wildman–Crippen MR) is 61.8 cm³/mol. The molecular formula is C13H19NO. The molecule has 0 aromatic heterocycles. The van der Waals surface area contributed by atoms with E-state index in [1.807, 2.05) is 0 Å². The lowest BCUT2D eigenvalue weighted by Crippen LogP contribution is -2.21. The topological polar surface area (TPSA) is 46.2 Å². The molecule has 0 spiro atoms. The molecule has 2 atom stereocenters. The molecule has 82 valence electrons. The van der Waals surface area contributed by atoms with E-state index in [1.165, 1.54) is 16.7 Å². The van der Waals surface area contributed by atoms with Gasteiger partial charge in [0.2, 0.25) is 0 Å². The lowest BCUT2D eigenvalue weighted by Gasteiger charge is -2.13. The maximum atomic E-state index is 9.37. The Bertz CT molecular complexity index is 369. The minimum atomic E-state index is -0.0292. The van der Waals surface area contributed by atoms with Crippen molar-refractivity contribution in [2.45, 2.75) is 26.2 Å². The van der Waals surface area contributed by atoms with Crippen molar-refractivity contribution in [2.75, 3.05) is 13.2 Å². The number of aliphatic hydroxyl groups is 1. The lowest BCUT2D eigenvalue weighted by atomic mass is 9.95. The Morgan fingerprint density at radius 3 is 2.73 bits per heavy atom. The van der Waals surface area contributed by atoms with E-state index >= 15 is 0 Å². The summed E-state index contributed by atoms with van der Waals surface area (Å²) >= 11 is 0. The summed E-state index contributed by atoms with van der Waals surface area (Å²) in [5.41, 5.74) is 9.67. The summed E-state index contributed by atoms with van der Waals surface area (Å²) in [7, 11) is 0. The zero-order valence-corrected chi connectivity index (χ0v) is 9.46. The fourth-order valence-electron chi connectivity index (χ4n) is 2.39. The standard InChI is InChI=1S/C13H19NO/c1-9-3-4-10(2)11(5-9)12-6-13(12,7-14)8-15/h3-5,12,15H,6-8,14H2,1-2H3. The SMILES string of the molecule is Cc1ccc(C)c(C2CC2(CN)CO)c1. The van der Waals surface area contributed by atoms with Crippen molar-refractivity contribution in [2.24, 2.45) is 11.1 Å². The number of hydrogen-bond acceptors (Lipinski definition) is 2. The van der Waals surface area contributed by atoms with Crippen LogP contribution in [0.4, 0.5) is 0 Å². The summed E-state index contributed by atoms with van der Waals surface area (Å²) in [6.07, 6.45) is 1.03. The molecule has 3 N–H and O–H groups in total. The quantitative estimate of drug-likeness (QED) is 0.789.